The fourth-order valence-corrected chi connectivity index (χ4v) is 3.01. The van der Waals surface area contributed by atoms with Gasteiger partial charge in [-0.3, -0.25) is 0 Å². The predicted octanol–water partition coefficient (Wildman–Crippen LogP) is 3.89. The van der Waals surface area contributed by atoms with E-state index in [0.29, 0.717) is 6.54 Å². The molecule has 0 aliphatic heterocycles. The topological polar surface area (TPSA) is 61.4 Å². The molecule has 0 aromatic heterocycles. The van der Waals surface area contributed by atoms with Crippen LogP contribution in [0.15, 0.2) is 66.7 Å². The van der Waals surface area contributed by atoms with Gasteiger partial charge < -0.3 is 15.7 Å². The summed E-state index contributed by atoms with van der Waals surface area (Å²) in [7, 11) is 0. The number of carbonyl (C=O) groups is 1. The van der Waals surface area contributed by atoms with Crippen LogP contribution in [-0.4, -0.2) is 11.1 Å². The summed E-state index contributed by atoms with van der Waals surface area (Å²) < 4.78 is 0. The van der Waals surface area contributed by atoms with Gasteiger partial charge in [-0.25, -0.2) is 4.79 Å². The molecule has 0 saturated heterocycles. The third-order valence-electron chi connectivity index (χ3n) is 4.37. The standard InChI is InChI=1S/C21H22N2O2/c1-15(19-12-6-10-16-7-4-5-11-20(16)19)23-21(25)22-13-17-8-2-3-9-18(17)14-24/h2-12,15,24H,13-14H2,1H3,(H2,22,23,25). The predicted molar refractivity (Wildman–Crippen MR) is 100 cm³/mol. The van der Waals surface area contributed by atoms with E-state index >= 15 is 0 Å². The number of urea groups is 1. The highest BCUT2D eigenvalue weighted by atomic mass is 16.3. The summed E-state index contributed by atoms with van der Waals surface area (Å²) in [6.07, 6.45) is 0. The van der Waals surface area contributed by atoms with Crippen molar-refractivity contribution in [1.29, 1.82) is 0 Å². The van der Waals surface area contributed by atoms with Crippen molar-refractivity contribution in [2.75, 3.05) is 0 Å². The van der Waals surface area contributed by atoms with E-state index < -0.39 is 0 Å². The summed E-state index contributed by atoms with van der Waals surface area (Å²) in [5.41, 5.74) is 2.83. The molecule has 4 heteroatoms. The zero-order valence-electron chi connectivity index (χ0n) is 14.2. The lowest BCUT2D eigenvalue weighted by Gasteiger charge is -2.17. The molecule has 0 aliphatic carbocycles. The van der Waals surface area contributed by atoms with Crippen LogP contribution in [0, 0.1) is 0 Å². The molecule has 1 unspecified atom stereocenters. The fraction of sp³-hybridized carbons (Fsp3) is 0.190. The van der Waals surface area contributed by atoms with Crippen LogP contribution in [-0.2, 0) is 13.2 Å². The Kier molecular flexibility index (Phi) is 5.31. The first kappa shape index (κ1) is 17.0. The Bertz CT molecular complexity index is 871. The number of amides is 2. The molecule has 3 rings (SSSR count). The first-order valence-corrected chi connectivity index (χ1v) is 8.38. The first-order valence-electron chi connectivity index (χ1n) is 8.38. The molecular weight excluding hydrogens is 312 g/mol. The number of rotatable bonds is 5. The summed E-state index contributed by atoms with van der Waals surface area (Å²) in [4.78, 5) is 12.3. The largest absolute Gasteiger partial charge is 0.392 e. The van der Waals surface area contributed by atoms with E-state index in [1.54, 1.807) is 0 Å². The molecule has 128 valence electrons. The molecule has 4 nitrogen and oxygen atoms in total. The highest BCUT2D eigenvalue weighted by molar-refractivity contribution is 5.86. The second-order valence-electron chi connectivity index (χ2n) is 6.04. The molecule has 1 atom stereocenters. The van der Waals surface area contributed by atoms with E-state index in [9.17, 15) is 9.90 Å². The van der Waals surface area contributed by atoms with Crippen molar-refractivity contribution in [2.24, 2.45) is 0 Å². The Morgan fingerprint density at radius 2 is 1.64 bits per heavy atom. The molecule has 0 radical (unpaired) electrons. The van der Waals surface area contributed by atoms with Gasteiger partial charge in [0.15, 0.2) is 0 Å². The summed E-state index contributed by atoms with van der Waals surface area (Å²) in [5, 5.41) is 17.5. The number of hydrogen-bond donors (Lipinski definition) is 3. The van der Waals surface area contributed by atoms with E-state index in [4.69, 9.17) is 0 Å². The van der Waals surface area contributed by atoms with Crippen LogP contribution in [0.3, 0.4) is 0 Å². The second kappa shape index (κ2) is 7.81. The van der Waals surface area contributed by atoms with Crippen LogP contribution in [0.4, 0.5) is 4.79 Å². The van der Waals surface area contributed by atoms with Crippen LogP contribution in [0.2, 0.25) is 0 Å². The van der Waals surface area contributed by atoms with Gasteiger partial charge in [0.05, 0.1) is 12.6 Å². The Balaban J connectivity index is 1.66. The third-order valence-corrected chi connectivity index (χ3v) is 4.37. The maximum Gasteiger partial charge on any atom is 0.315 e. The highest BCUT2D eigenvalue weighted by Gasteiger charge is 2.12. The lowest BCUT2D eigenvalue weighted by molar-refractivity contribution is 0.237. The smallest absolute Gasteiger partial charge is 0.315 e. The van der Waals surface area contributed by atoms with Crippen molar-refractivity contribution in [2.45, 2.75) is 26.1 Å². The zero-order chi connectivity index (χ0) is 17.6. The van der Waals surface area contributed by atoms with Gasteiger partial charge in [-0.15, -0.1) is 0 Å². The SMILES string of the molecule is CC(NC(=O)NCc1ccccc1CO)c1cccc2ccccc12. The Labute approximate surface area is 147 Å². The quantitative estimate of drug-likeness (QED) is 0.663. The normalized spacial score (nSPS) is 11.9. The van der Waals surface area contributed by atoms with Crippen molar-refractivity contribution in [1.82, 2.24) is 10.6 Å². The van der Waals surface area contributed by atoms with Gasteiger partial charge in [0.25, 0.3) is 0 Å². The number of nitrogens with one attached hydrogen (secondary N) is 2. The van der Waals surface area contributed by atoms with Crippen molar-refractivity contribution in [3.05, 3.63) is 83.4 Å². The monoisotopic (exact) mass is 334 g/mol. The minimum absolute atomic E-state index is 0.0358. The van der Waals surface area contributed by atoms with Gasteiger partial charge in [-0.1, -0.05) is 66.7 Å². The molecule has 25 heavy (non-hydrogen) atoms. The number of fused-ring (bicyclic) bond motifs is 1. The number of hydrogen-bond acceptors (Lipinski definition) is 2. The summed E-state index contributed by atoms with van der Waals surface area (Å²) in [6.45, 7) is 2.32. The van der Waals surface area contributed by atoms with E-state index in [1.165, 1.54) is 0 Å². The molecule has 0 bridgehead atoms. The molecule has 0 heterocycles. The Morgan fingerprint density at radius 1 is 0.960 bits per heavy atom. The van der Waals surface area contributed by atoms with Gasteiger partial charge in [0.1, 0.15) is 0 Å². The van der Waals surface area contributed by atoms with Crippen LogP contribution in [0.5, 0.6) is 0 Å². The van der Waals surface area contributed by atoms with Gasteiger partial charge >= 0.3 is 6.03 Å². The molecule has 0 spiro atoms. The van der Waals surface area contributed by atoms with Crippen LogP contribution >= 0.6 is 0 Å². The van der Waals surface area contributed by atoms with Crippen LogP contribution in [0.1, 0.15) is 29.7 Å². The fourth-order valence-electron chi connectivity index (χ4n) is 3.01. The Morgan fingerprint density at radius 3 is 2.44 bits per heavy atom. The Hall–Kier alpha value is -2.85. The van der Waals surface area contributed by atoms with Gasteiger partial charge in [0.2, 0.25) is 0 Å². The zero-order valence-corrected chi connectivity index (χ0v) is 14.2. The highest BCUT2D eigenvalue weighted by Crippen LogP contribution is 2.23. The molecular formula is C21H22N2O2. The average Bonchev–Trinajstić information content (AvgIpc) is 2.66. The van der Waals surface area contributed by atoms with E-state index in [1.807, 2.05) is 55.5 Å². The van der Waals surface area contributed by atoms with E-state index in [0.717, 1.165) is 27.5 Å². The molecule has 3 N–H and O–H groups in total. The van der Waals surface area contributed by atoms with Gasteiger partial charge in [0, 0.05) is 6.54 Å². The van der Waals surface area contributed by atoms with Crippen LogP contribution in [0.25, 0.3) is 10.8 Å². The third kappa shape index (κ3) is 3.98. The second-order valence-corrected chi connectivity index (χ2v) is 6.04. The van der Waals surface area contributed by atoms with Crippen molar-refractivity contribution in [3.8, 4) is 0 Å². The minimum Gasteiger partial charge on any atom is -0.392 e. The van der Waals surface area contributed by atoms with Gasteiger partial charge in [-0.2, -0.15) is 0 Å². The lowest BCUT2D eigenvalue weighted by Crippen LogP contribution is -2.36. The maximum atomic E-state index is 12.3. The number of aliphatic hydroxyl groups excluding tert-OH is 1. The van der Waals surface area contributed by atoms with Crippen LogP contribution < -0.4 is 10.6 Å². The van der Waals surface area contributed by atoms with E-state index in [2.05, 4.69) is 28.8 Å². The maximum absolute atomic E-state index is 12.3. The molecule has 0 saturated carbocycles. The molecule has 0 aliphatic rings. The first-order chi connectivity index (χ1) is 12.2. The number of benzene rings is 3. The van der Waals surface area contributed by atoms with Gasteiger partial charge in [-0.05, 0) is 34.4 Å². The number of carbonyl (C=O) groups excluding carboxylic acids is 1. The molecule has 3 aromatic carbocycles. The van der Waals surface area contributed by atoms with Crippen molar-refractivity contribution >= 4 is 16.8 Å². The van der Waals surface area contributed by atoms with Crippen molar-refractivity contribution < 1.29 is 9.90 Å². The summed E-state index contributed by atoms with van der Waals surface area (Å²) in [6, 6.07) is 21.4. The van der Waals surface area contributed by atoms with E-state index in [-0.39, 0.29) is 18.7 Å². The summed E-state index contributed by atoms with van der Waals surface area (Å²) in [5.74, 6) is 0. The average molecular weight is 334 g/mol. The molecule has 3 aromatic rings. The van der Waals surface area contributed by atoms with Crippen molar-refractivity contribution in [3.63, 3.8) is 0 Å². The molecule has 2 amide bonds. The minimum atomic E-state index is -0.229. The molecule has 0 fully saturated rings. The lowest BCUT2D eigenvalue weighted by atomic mass is 10.00. The number of aliphatic hydroxyl groups is 1. The summed E-state index contributed by atoms with van der Waals surface area (Å²) >= 11 is 0.